The second-order valence-electron chi connectivity index (χ2n) is 3.06. The highest BCUT2D eigenvalue weighted by atomic mass is 79.9. The van der Waals surface area contributed by atoms with E-state index < -0.39 is 12.0 Å². The van der Waals surface area contributed by atoms with Crippen molar-refractivity contribution in [2.75, 3.05) is 0 Å². The summed E-state index contributed by atoms with van der Waals surface area (Å²) in [6.07, 6.45) is -1.26. The molecule has 1 heterocycles. The summed E-state index contributed by atoms with van der Waals surface area (Å²) in [4.78, 5) is 23.2. The van der Waals surface area contributed by atoms with Gasteiger partial charge in [0.25, 0.3) is 5.91 Å². The topological polar surface area (TPSA) is 57.6 Å². The molecule has 0 aromatic heterocycles. The van der Waals surface area contributed by atoms with Crippen molar-refractivity contribution in [1.29, 1.82) is 0 Å². The molecule has 2 rings (SSSR count). The van der Waals surface area contributed by atoms with Crippen LogP contribution in [0, 0.1) is 0 Å². The predicted octanol–water partition coefficient (Wildman–Crippen LogP) is 2.74. The lowest BCUT2D eigenvalue weighted by Crippen LogP contribution is -2.29. The molecule has 1 aromatic rings. The van der Waals surface area contributed by atoms with Crippen molar-refractivity contribution in [1.82, 2.24) is 4.90 Å². The first-order chi connectivity index (χ1) is 7.02. The van der Waals surface area contributed by atoms with Gasteiger partial charge in [-0.05, 0) is 28.1 Å². The number of carbonyl (C=O) groups excluding carboxylic acids is 1. The molecule has 0 fully saturated rings. The number of hydrogen-bond acceptors (Lipinski definition) is 2. The number of imide groups is 1. The Balaban J connectivity index is 2.58. The Bertz CT molecular complexity index is 475. The SMILES string of the molecule is O=C(O)N1Cc2c(Cl)ccc(Br)c2C1=O. The standard InChI is InChI=1S/C9H5BrClNO3/c10-5-1-2-6(11)4-3-12(9(14)15)8(13)7(4)5/h1-2H,3H2,(H,14,15). The number of carboxylic acid groups (broad SMARTS) is 1. The fourth-order valence-corrected chi connectivity index (χ4v) is 2.26. The highest BCUT2D eigenvalue weighted by Gasteiger charge is 2.35. The molecule has 1 aliphatic rings. The van der Waals surface area contributed by atoms with Crippen LogP contribution in [0.2, 0.25) is 5.02 Å². The minimum atomic E-state index is -1.26. The molecule has 2 amide bonds. The lowest BCUT2D eigenvalue weighted by atomic mass is 10.1. The normalized spacial score (nSPS) is 14.3. The summed E-state index contributed by atoms with van der Waals surface area (Å²) in [6.45, 7) is 0.0156. The van der Waals surface area contributed by atoms with Gasteiger partial charge >= 0.3 is 6.09 Å². The van der Waals surface area contributed by atoms with Gasteiger partial charge in [-0.1, -0.05) is 11.6 Å². The summed E-state index contributed by atoms with van der Waals surface area (Å²) in [5, 5.41) is 9.19. The van der Waals surface area contributed by atoms with E-state index >= 15 is 0 Å². The van der Waals surface area contributed by atoms with Crippen LogP contribution < -0.4 is 0 Å². The van der Waals surface area contributed by atoms with Gasteiger partial charge in [-0.25, -0.2) is 9.69 Å². The molecule has 0 atom stereocenters. The monoisotopic (exact) mass is 289 g/mol. The molecule has 0 aliphatic carbocycles. The maximum absolute atomic E-state index is 11.7. The number of halogens is 2. The van der Waals surface area contributed by atoms with Gasteiger partial charge in [-0.15, -0.1) is 0 Å². The highest BCUT2D eigenvalue weighted by Crippen LogP contribution is 2.34. The molecular weight excluding hydrogens is 285 g/mol. The number of rotatable bonds is 0. The molecule has 0 unspecified atom stereocenters. The van der Waals surface area contributed by atoms with E-state index in [0.717, 1.165) is 4.90 Å². The Morgan fingerprint density at radius 2 is 2.20 bits per heavy atom. The third-order valence-electron chi connectivity index (χ3n) is 2.21. The van der Waals surface area contributed by atoms with E-state index in [1.54, 1.807) is 12.1 Å². The number of hydrogen-bond donors (Lipinski definition) is 1. The molecule has 1 aliphatic heterocycles. The summed E-state index contributed by atoms with van der Waals surface area (Å²) in [5.41, 5.74) is 0.892. The van der Waals surface area contributed by atoms with E-state index in [1.165, 1.54) is 0 Å². The Morgan fingerprint density at radius 3 is 2.73 bits per heavy atom. The molecule has 0 saturated carbocycles. The van der Waals surface area contributed by atoms with E-state index in [0.29, 0.717) is 20.6 Å². The smallest absolute Gasteiger partial charge is 0.414 e. The van der Waals surface area contributed by atoms with Gasteiger partial charge in [0.2, 0.25) is 0 Å². The summed E-state index contributed by atoms with van der Waals surface area (Å²) >= 11 is 9.08. The van der Waals surface area contributed by atoms with Gasteiger partial charge in [-0.3, -0.25) is 4.79 Å². The van der Waals surface area contributed by atoms with Crippen molar-refractivity contribution in [2.24, 2.45) is 0 Å². The Kier molecular flexibility index (Phi) is 2.44. The summed E-state index contributed by atoms with van der Waals surface area (Å²) < 4.78 is 0.565. The van der Waals surface area contributed by atoms with E-state index in [2.05, 4.69) is 15.9 Å². The van der Waals surface area contributed by atoms with Crippen LogP contribution in [0.25, 0.3) is 0 Å². The third kappa shape index (κ3) is 1.52. The van der Waals surface area contributed by atoms with Gasteiger partial charge in [0, 0.05) is 15.1 Å². The van der Waals surface area contributed by atoms with Gasteiger partial charge in [0.05, 0.1) is 12.1 Å². The zero-order valence-electron chi connectivity index (χ0n) is 7.33. The lowest BCUT2D eigenvalue weighted by Gasteiger charge is -2.06. The fourth-order valence-electron chi connectivity index (χ4n) is 1.50. The minimum absolute atomic E-state index is 0.0156. The second-order valence-corrected chi connectivity index (χ2v) is 4.32. The van der Waals surface area contributed by atoms with Crippen LogP contribution in [0.4, 0.5) is 4.79 Å². The van der Waals surface area contributed by atoms with Crippen LogP contribution in [0.3, 0.4) is 0 Å². The van der Waals surface area contributed by atoms with Crippen molar-refractivity contribution in [3.05, 3.63) is 32.8 Å². The largest absolute Gasteiger partial charge is 0.465 e. The molecule has 15 heavy (non-hydrogen) atoms. The highest BCUT2D eigenvalue weighted by molar-refractivity contribution is 9.10. The van der Waals surface area contributed by atoms with Crippen molar-refractivity contribution >= 4 is 39.5 Å². The van der Waals surface area contributed by atoms with E-state index in [1.807, 2.05) is 0 Å². The zero-order valence-corrected chi connectivity index (χ0v) is 9.67. The predicted molar refractivity (Wildman–Crippen MR) is 57.1 cm³/mol. The van der Waals surface area contributed by atoms with Crippen LogP contribution in [-0.4, -0.2) is 22.0 Å². The minimum Gasteiger partial charge on any atom is -0.465 e. The average molecular weight is 291 g/mol. The Hall–Kier alpha value is -1.07. The molecule has 4 nitrogen and oxygen atoms in total. The summed E-state index contributed by atoms with van der Waals surface area (Å²) in [6, 6.07) is 3.26. The van der Waals surface area contributed by atoms with E-state index in [4.69, 9.17) is 16.7 Å². The van der Waals surface area contributed by atoms with Crippen LogP contribution >= 0.6 is 27.5 Å². The average Bonchev–Trinajstić information content (AvgIpc) is 2.51. The molecule has 1 N–H and O–H groups in total. The number of nitrogens with zero attached hydrogens (tertiary/aromatic N) is 1. The molecular formula is C9H5BrClNO3. The quantitative estimate of drug-likeness (QED) is 0.799. The molecule has 0 radical (unpaired) electrons. The number of carbonyl (C=O) groups is 2. The van der Waals surface area contributed by atoms with Crippen molar-refractivity contribution < 1.29 is 14.7 Å². The first-order valence-electron chi connectivity index (χ1n) is 4.04. The van der Waals surface area contributed by atoms with Crippen molar-refractivity contribution in [3.8, 4) is 0 Å². The second kappa shape index (κ2) is 3.50. The molecule has 0 spiro atoms. The van der Waals surface area contributed by atoms with Gasteiger partial charge < -0.3 is 5.11 Å². The molecule has 0 bridgehead atoms. The zero-order chi connectivity index (χ0) is 11.2. The van der Waals surface area contributed by atoms with Gasteiger partial charge in [0.15, 0.2) is 0 Å². The first-order valence-corrected chi connectivity index (χ1v) is 5.21. The van der Waals surface area contributed by atoms with Crippen molar-refractivity contribution in [3.63, 3.8) is 0 Å². The Labute approximate surface area is 98.6 Å². The molecule has 78 valence electrons. The van der Waals surface area contributed by atoms with E-state index in [-0.39, 0.29) is 6.54 Å². The summed E-state index contributed by atoms with van der Waals surface area (Å²) in [7, 11) is 0. The third-order valence-corrected chi connectivity index (χ3v) is 3.23. The summed E-state index contributed by atoms with van der Waals surface area (Å²) in [5.74, 6) is -0.535. The number of amides is 2. The maximum Gasteiger partial charge on any atom is 0.414 e. The van der Waals surface area contributed by atoms with Crippen LogP contribution in [-0.2, 0) is 6.54 Å². The molecule has 0 saturated heterocycles. The van der Waals surface area contributed by atoms with E-state index in [9.17, 15) is 9.59 Å². The molecule has 1 aromatic carbocycles. The molecule has 6 heteroatoms. The van der Waals surface area contributed by atoms with Crippen LogP contribution in [0.1, 0.15) is 15.9 Å². The first kappa shape index (κ1) is 10.4. The van der Waals surface area contributed by atoms with Crippen molar-refractivity contribution in [2.45, 2.75) is 6.54 Å². The fraction of sp³-hybridized carbons (Fsp3) is 0.111. The van der Waals surface area contributed by atoms with Crippen LogP contribution in [0.5, 0.6) is 0 Å². The number of fused-ring (bicyclic) bond motifs is 1. The number of benzene rings is 1. The lowest BCUT2D eigenvalue weighted by molar-refractivity contribution is 0.0763. The van der Waals surface area contributed by atoms with Crippen LogP contribution in [0.15, 0.2) is 16.6 Å². The van der Waals surface area contributed by atoms with Gasteiger partial charge in [0.1, 0.15) is 0 Å². The maximum atomic E-state index is 11.7. The Morgan fingerprint density at radius 1 is 1.53 bits per heavy atom. The van der Waals surface area contributed by atoms with Gasteiger partial charge in [-0.2, -0.15) is 0 Å².